The number of hydrogen-bond acceptors (Lipinski definition) is 5. The highest BCUT2D eigenvalue weighted by Crippen LogP contribution is 2.24. The molecule has 0 aliphatic heterocycles. The first-order valence-corrected chi connectivity index (χ1v) is 5.55. The predicted molar refractivity (Wildman–Crippen MR) is 67.0 cm³/mol. The summed E-state index contributed by atoms with van der Waals surface area (Å²) in [5, 5.41) is 21.6. The number of primary amides is 1. The van der Waals surface area contributed by atoms with Crippen LogP contribution < -0.4 is 10.5 Å². The van der Waals surface area contributed by atoms with Crippen LogP contribution in [0.25, 0.3) is 10.9 Å². The zero-order valence-corrected chi connectivity index (χ0v) is 10.2. The zero-order chi connectivity index (χ0) is 14.7. The predicted octanol–water partition coefficient (Wildman–Crippen LogP) is 0.122. The number of nitriles is 1. The lowest BCUT2D eigenvalue weighted by molar-refractivity contribution is -0.137. The summed E-state index contributed by atoms with van der Waals surface area (Å²) in [6, 6.07) is 6.43. The third kappa shape index (κ3) is 2.51. The van der Waals surface area contributed by atoms with Crippen molar-refractivity contribution in [3.8, 4) is 11.8 Å². The van der Waals surface area contributed by atoms with Gasteiger partial charge >= 0.3 is 5.97 Å². The van der Waals surface area contributed by atoms with Gasteiger partial charge in [0.25, 0.3) is 5.91 Å². The first-order chi connectivity index (χ1) is 9.52. The van der Waals surface area contributed by atoms with E-state index in [0.717, 1.165) is 4.68 Å². The standard InChI is InChI=1S/C12H10N4O4/c13-3-4-20-7-1-2-8-9(5-7)16(6-10(17)18)15-11(8)12(14)19/h1-2,5H,4,6H2,(H2,14,19)(H,17,18). The lowest BCUT2D eigenvalue weighted by Crippen LogP contribution is -2.14. The molecule has 102 valence electrons. The number of amides is 1. The summed E-state index contributed by atoms with van der Waals surface area (Å²) in [5.41, 5.74) is 5.60. The molecule has 0 atom stereocenters. The number of aliphatic carboxylic acids is 1. The van der Waals surface area contributed by atoms with Crippen LogP contribution in [0.3, 0.4) is 0 Å². The number of hydrogen-bond donors (Lipinski definition) is 2. The molecule has 0 unspecified atom stereocenters. The second-order valence-corrected chi connectivity index (χ2v) is 3.89. The van der Waals surface area contributed by atoms with E-state index in [1.807, 2.05) is 6.07 Å². The van der Waals surface area contributed by atoms with Crippen molar-refractivity contribution in [3.63, 3.8) is 0 Å². The van der Waals surface area contributed by atoms with Gasteiger partial charge in [-0.05, 0) is 12.1 Å². The third-order valence-corrected chi connectivity index (χ3v) is 2.54. The van der Waals surface area contributed by atoms with Gasteiger partial charge in [-0.3, -0.25) is 14.3 Å². The largest absolute Gasteiger partial charge is 0.480 e. The number of nitrogens with zero attached hydrogens (tertiary/aromatic N) is 3. The second-order valence-electron chi connectivity index (χ2n) is 3.89. The molecule has 0 fully saturated rings. The molecule has 3 N–H and O–H groups in total. The van der Waals surface area contributed by atoms with Crippen LogP contribution in [-0.4, -0.2) is 33.4 Å². The number of fused-ring (bicyclic) bond motifs is 1. The molecule has 0 saturated heterocycles. The molecule has 0 spiro atoms. The maximum absolute atomic E-state index is 11.3. The lowest BCUT2D eigenvalue weighted by atomic mass is 10.2. The Morgan fingerprint density at radius 3 is 2.85 bits per heavy atom. The van der Waals surface area contributed by atoms with E-state index in [-0.39, 0.29) is 12.3 Å². The number of carboxylic acids is 1. The molecule has 2 aromatic rings. The van der Waals surface area contributed by atoms with Crippen LogP contribution >= 0.6 is 0 Å². The van der Waals surface area contributed by atoms with Crippen LogP contribution in [0.2, 0.25) is 0 Å². The van der Waals surface area contributed by atoms with Gasteiger partial charge in [-0.15, -0.1) is 0 Å². The quantitative estimate of drug-likeness (QED) is 0.796. The molecular formula is C12H10N4O4. The highest BCUT2D eigenvalue weighted by Gasteiger charge is 2.16. The molecule has 8 nitrogen and oxygen atoms in total. The minimum absolute atomic E-state index is 0.00640. The molecule has 0 saturated carbocycles. The van der Waals surface area contributed by atoms with Crippen molar-refractivity contribution in [1.82, 2.24) is 9.78 Å². The fourth-order valence-corrected chi connectivity index (χ4v) is 1.79. The molecule has 20 heavy (non-hydrogen) atoms. The SMILES string of the molecule is N#CCOc1ccc2c(C(N)=O)nn(CC(=O)O)c2c1. The van der Waals surface area contributed by atoms with Crippen molar-refractivity contribution in [2.24, 2.45) is 5.73 Å². The number of carboxylic acid groups (broad SMARTS) is 1. The van der Waals surface area contributed by atoms with E-state index >= 15 is 0 Å². The van der Waals surface area contributed by atoms with Crippen molar-refractivity contribution in [2.75, 3.05) is 6.61 Å². The molecule has 0 aliphatic rings. The van der Waals surface area contributed by atoms with E-state index in [9.17, 15) is 9.59 Å². The van der Waals surface area contributed by atoms with Crippen LogP contribution in [0.1, 0.15) is 10.5 Å². The van der Waals surface area contributed by atoms with Crippen LogP contribution in [0.5, 0.6) is 5.75 Å². The number of ether oxygens (including phenoxy) is 1. The van der Waals surface area contributed by atoms with Crippen molar-refractivity contribution < 1.29 is 19.4 Å². The van der Waals surface area contributed by atoms with Crippen LogP contribution in [0.4, 0.5) is 0 Å². The van der Waals surface area contributed by atoms with Crippen molar-refractivity contribution in [3.05, 3.63) is 23.9 Å². The van der Waals surface area contributed by atoms with Crippen molar-refractivity contribution in [2.45, 2.75) is 6.54 Å². The molecule has 1 aromatic carbocycles. The summed E-state index contributed by atoms with van der Waals surface area (Å²) in [6.45, 7) is -0.549. The molecule has 1 heterocycles. The number of carbonyl (C=O) groups is 2. The Morgan fingerprint density at radius 1 is 1.50 bits per heavy atom. The summed E-state index contributed by atoms with van der Waals surface area (Å²) in [4.78, 5) is 22.1. The van der Waals surface area contributed by atoms with Crippen LogP contribution in [0.15, 0.2) is 18.2 Å². The Balaban J connectivity index is 2.55. The number of nitrogens with two attached hydrogens (primary N) is 1. The van der Waals surface area contributed by atoms with E-state index in [2.05, 4.69) is 5.10 Å². The van der Waals surface area contributed by atoms with Gasteiger partial charge in [-0.25, -0.2) is 0 Å². The van der Waals surface area contributed by atoms with Crippen LogP contribution in [0, 0.1) is 11.3 Å². The Morgan fingerprint density at radius 2 is 2.25 bits per heavy atom. The summed E-state index contributed by atoms with van der Waals surface area (Å²) >= 11 is 0. The lowest BCUT2D eigenvalue weighted by Gasteiger charge is -2.03. The minimum atomic E-state index is -1.10. The summed E-state index contributed by atoms with van der Waals surface area (Å²) < 4.78 is 6.28. The van der Waals surface area contributed by atoms with E-state index in [0.29, 0.717) is 16.7 Å². The summed E-state index contributed by atoms with van der Waals surface area (Å²) in [5.74, 6) is -1.47. The van der Waals surface area contributed by atoms with Crippen molar-refractivity contribution in [1.29, 1.82) is 5.26 Å². The Hall–Kier alpha value is -3.08. The number of aromatic nitrogens is 2. The molecule has 0 aliphatic carbocycles. The molecule has 0 bridgehead atoms. The molecule has 0 radical (unpaired) electrons. The normalized spacial score (nSPS) is 10.2. The van der Waals surface area contributed by atoms with Gasteiger partial charge in [0.15, 0.2) is 12.3 Å². The average molecular weight is 274 g/mol. The third-order valence-electron chi connectivity index (χ3n) is 2.54. The molecule has 8 heteroatoms. The van der Waals surface area contributed by atoms with E-state index in [4.69, 9.17) is 20.8 Å². The minimum Gasteiger partial charge on any atom is -0.480 e. The van der Waals surface area contributed by atoms with Gasteiger partial charge in [0, 0.05) is 11.5 Å². The van der Waals surface area contributed by atoms with E-state index in [1.54, 1.807) is 12.1 Å². The molecule has 1 amide bonds. The zero-order valence-electron chi connectivity index (χ0n) is 10.2. The Bertz CT molecular complexity index is 729. The topological polar surface area (TPSA) is 131 Å². The fraction of sp³-hybridized carbons (Fsp3) is 0.167. The summed E-state index contributed by atoms with van der Waals surface area (Å²) in [7, 11) is 0. The highest BCUT2D eigenvalue weighted by atomic mass is 16.5. The molecule has 1 aromatic heterocycles. The van der Waals surface area contributed by atoms with Gasteiger partial charge in [-0.1, -0.05) is 0 Å². The number of benzene rings is 1. The second kappa shape index (κ2) is 5.27. The first-order valence-electron chi connectivity index (χ1n) is 5.55. The fourth-order valence-electron chi connectivity index (χ4n) is 1.79. The number of carbonyl (C=O) groups excluding carboxylic acids is 1. The van der Waals surface area contributed by atoms with Gasteiger partial charge in [0.05, 0.1) is 5.52 Å². The Kier molecular flexibility index (Phi) is 3.52. The molecule has 2 rings (SSSR count). The van der Waals surface area contributed by atoms with Gasteiger partial charge in [-0.2, -0.15) is 10.4 Å². The highest BCUT2D eigenvalue weighted by molar-refractivity contribution is 6.04. The summed E-state index contributed by atoms with van der Waals surface area (Å²) in [6.07, 6.45) is 0. The maximum Gasteiger partial charge on any atom is 0.325 e. The average Bonchev–Trinajstić information content (AvgIpc) is 2.74. The van der Waals surface area contributed by atoms with Crippen LogP contribution in [-0.2, 0) is 11.3 Å². The van der Waals surface area contributed by atoms with Gasteiger partial charge in [0.2, 0.25) is 0 Å². The molecular weight excluding hydrogens is 264 g/mol. The smallest absolute Gasteiger partial charge is 0.325 e. The van der Waals surface area contributed by atoms with Gasteiger partial charge in [0.1, 0.15) is 18.4 Å². The maximum atomic E-state index is 11.3. The van der Waals surface area contributed by atoms with Crippen molar-refractivity contribution >= 4 is 22.8 Å². The first kappa shape index (κ1) is 13.4. The monoisotopic (exact) mass is 274 g/mol. The van der Waals surface area contributed by atoms with E-state index in [1.165, 1.54) is 6.07 Å². The Labute approximate surface area is 113 Å². The number of rotatable bonds is 5. The van der Waals surface area contributed by atoms with Gasteiger partial charge < -0.3 is 15.6 Å². The van der Waals surface area contributed by atoms with E-state index < -0.39 is 18.4 Å².